The maximum Gasteiger partial charge on any atom is 0.0354 e. The van der Waals surface area contributed by atoms with Gasteiger partial charge in [0.2, 0.25) is 0 Å². The number of hydrogen-bond donors (Lipinski definition) is 1. The van der Waals surface area contributed by atoms with Gasteiger partial charge in [-0.1, -0.05) is 19.1 Å². The van der Waals surface area contributed by atoms with Gasteiger partial charge in [0.15, 0.2) is 0 Å². The van der Waals surface area contributed by atoms with E-state index in [1.54, 1.807) is 0 Å². The van der Waals surface area contributed by atoms with E-state index in [0.717, 1.165) is 18.7 Å². The number of nitrogens with zero attached hydrogens (tertiary/aromatic N) is 1. The third-order valence-electron chi connectivity index (χ3n) is 2.64. The van der Waals surface area contributed by atoms with Gasteiger partial charge in [-0.3, -0.25) is 0 Å². The minimum Gasteiger partial charge on any atom is -0.330 e. The van der Waals surface area contributed by atoms with Crippen molar-refractivity contribution in [1.29, 1.82) is 0 Å². The third-order valence-corrected chi connectivity index (χ3v) is 3.53. The van der Waals surface area contributed by atoms with Crippen LogP contribution in [0.15, 0.2) is 29.2 Å². The second-order valence-electron chi connectivity index (χ2n) is 4.06. The van der Waals surface area contributed by atoms with Crippen molar-refractivity contribution in [3.63, 3.8) is 0 Å². The zero-order valence-corrected chi connectivity index (χ0v) is 11.3. The molecule has 16 heavy (non-hydrogen) atoms. The molecular weight excluding hydrogens is 216 g/mol. The van der Waals surface area contributed by atoms with Gasteiger partial charge in [0.25, 0.3) is 0 Å². The fraction of sp³-hybridized carbons (Fsp3) is 0.538. The summed E-state index contributed by atoms with van der Waals surface area (Å²) in [5.74, 6) is 1.12. The van der Waals surface area contributed by atoms with E-state index in [4.69, 9.17) is 5.73 Å². The molecule has 0 amide bonds. The van der Waals surface area contributed by atoms with Crippen molar-refractivity contribution in [2.75, 3.05) is 26.4 Å². The van der Waals surface area contributed by atoms with Crippen molar-refractivity contribution in [3.8, 4) is 0 Å². The molecule has 0 aliphatic heterocycles. The van der Waals surface area contributed by atoms with Gasteiger partial charge in [-0.15, -0.1) is 11.8 Å². The average Bonchev–Trinajstić information content (AvgIpc) is 2.27. The van der Waals surface area contributed by atoms with E-state index in [9.17, 15) is 0 Å². The van der Waals surface area contributed by atoms with E-state index in [1.807, 2.05) is 11.8 Å². The molecule has 0 saturated carbocycles. The van der Waals surface area contributed by atoms with Crippen molar-refractivity contribution >= 4 is 11.8 Å². The van der Waals surface area contributed by atoms with Gasteiger partial charge in [0.1, 0.15) is 0 Å². The largest absolute Gasteiger partial charge is 0.330 e. The van der Waals surface area contributed by atoms with E-state index < -0.39 is 0 Å². The fourth-order valence-corrected chi connectivity index (χ4v) is 2.50. The van der Waals surface area contributed by atoms with Crippen LogP contribution in [-0.4, -0.2) is 31.3 Å². The van der Waals surface area contributed by atoms with E-state index in [-0.39, 0.29) is 0 Å². The predicted octanol–water partition coefficient (Wildman–Crippen LogP) is 2.75. The Hall–Kier alpha value is -0.510. The van der Waals surface area contributed by atoms with Crippen molar-refractivity contribution in [2.45, 2.75) is 24.3 Å². The Bertz CT molecular complexity index is 295. The molecule has 0 saturated heterocycles. The molecule has 0 heterocycles. The topological polar surface area (TPSA) is 29.3 Å². The summed E-state index contributed by atoms with van der Waals surface area (Å²) in [5, 5.41) is 0. The third kappa shape index (κ3) is 3.81. The molecule has 0 aromatic heterocycles. The second kappa shape index (κ2) is 6.94. The van der Waals surface area contributed by atoms with Crippen LogP contribution in [0.25, 0.3) is 0 Å². The fourth-order valence-electron chi connectivity index (χ4n) is 1.83. The zero-order chi connectivity index (χ0) is 12.0. The molecule has 3 heteroatoms. The van der Waals surface area contributed by atoms with Gasteiger partial charge in [0.05, 0.1) is 0 Å². The van der Waals surface area contributed by atoms with Crippen LogP contribution in [0.4, 0.5) is 0 Å². The molecule has 0 radical (unpaired) electrons. The standard InChI is InChI=1S/C13H22N2S/c1-4-16-12-7-5-11(6-8-12)13(9-10-14)15(2)3/h5-8,13H,4,9-10,14H2,1-3H3. The van der Waals surface area contributed by atoms with Gasteiger partial charge in [-0.2, -0.15) is 0 Å². The predicted molar refractivity (Wildman–Crippen MR) is 72.9 cm³/mol. The summed E-state index contributed by atoms with van der Waals surface area (Å²) in [6.07, 6.45) is 1.01. The number of thioether (sulfide) groups is 1. The smallest absolute Gasteiger partial charge is 0.0354 e. The summed E-state index contributed by atoms with van der Waals surface area (Å²) in [6.45, 7) is 2.91. The van der Waals surface area contributed by atoms with Crippen molar-refractivity contribution in [1.82, 2.24) is 4.90 Å². The normalized spacial score (nSPS) is 13.1. The van der Waals surface area contributed by atoms with Gasteiger partial charge in [-0.25, -0.2) is 0 Å². The highest BCUT2D eigenvalue weighted by Crippen LogP contribution is 2.24. The molecule has 0 bridgehead atoms. The molecule has 90 valence electrons. The SMILES string of the molecule is CCSc1ccc(C(CCN)N(C)C)cc1. The van der Waals surface area contributed by atoms with Crippen LogP contribution in [0.1, 0.15) is 24.9 Å². The van der Waals surface area contributed by atoms with Crippen molar-refractivity contribution in [2.24, 2.45) is 5.73 Å². The summed E-state index contributed by atoms with van der Waals surface area (Å²) in [4.78, 5) is 3.57. The van der Waals surface area contributed by atoms with Crippen LogP contribution < -0.4 is 5.73 Å². The molecule has 2 nitrogen and oxygen atoms in total. The van der Waals surface area contributed by atoms with Crippen molar-refractivity contribution in [3.05, 3.63) is 29.8 Å². The number of benzene rings is 1. The number of nitrogens with two attached hydrogens (primary N) is 1. The van der Waals surface area contributed by atoms with Gasteiger partial charge in [-0.05, 0) is 50.5 Å². The first-order valence-corrected chi connectivity index (χ1v) is 6.76. The maximum absolute atomic E-state index is 5.65. The van der Waals surface area contributed by atoms with Crippen molar-refractivity contribution < 1.29 is 0 Å². The highest BCUT2D eigenvalue weighted by molar-refractivity contribution is 7.99. The lowest BCUT2D eigenvalue weighted by Crippen LogP contribution is -2.22. The second-order valence-corrected chi connectivity index (χ2v) is 5.40. The minimum atomic E-state index is 0.436. The number of rotatable bonds is 6. The summed E-state index contributed by atoms with van der Waals surface area (Å²) in [6, 6.07) is 9.29. The molecule has 0 aliphatic rings. The minimum absolute atomic E-state index is 0.436. The highest BCUT2D eigenvalue weighted by Gasteiger charge is 2.12. The molecule has 0 aliphatic carbocycles. The van der Waals surface area contributed by atoms with Crippen LogP contribution in [0.2, 0.25) is 0 Å². The molecule has 1 aromatic carbocycles. The summed E-state index contributed by atoms with van der Waals surface area (Å²) in [5.41, 5.74) is 7.01. The Labute approximate surface area is 103 Å². The van der Waals surface area contributed by atoms with Crippen LogP contribution in [0, 0.1) is 0 Å². The summed E-state index contributed by atoms with van der Waals surface area (Å²) < 4.78 is 0. The molecule has 2 N–H and O–H groups in total. The van der Waals surface area contributed by atoms with Crippen LogP contribution >= 0.6 is 11.8 Å². The van der Waals surface area contributed by atoms with Crippen LogP contribution in [-0.2, 0) is 0 Å². The van der Waals surface area contributed by atoms with Gasteiger partial charge < -0.3 is 10.6 Å². The van der Waals surface area contributed by atoms with E-state index in [1.165, 1.54) is 10.5 Å². The lowest BCUT2D eigenvalue weighted by molar-refractivity contribution is 0.287. The molecule has 1 unspecified atom stereocenters. The Morgan fingerprint density at radius 2 is 1.88 bits per heavy atom. The maximum atomic E-state index is 5.65. The van der Waals surface area contributed by atoms with Gasteiger partial charge >= 0.3 is 0 Å². The zero-order valence-electron chi connectivity index (χ0n) is 10.4. The monoisotopic (exact) mass is 238 g/mol. The Kier molecular flexibility index (Phi) is 5.88. The lowest BCUT2D eigenvalue weighted by Gasteiger charge is -2.24. The summed E-state index contributed by atoms with van der Waals surface area (Å²) >= 11 is 1.88. The average molecular weight is 238 g/mol. The highest BCUT2D eigenvalue weighted by atomic mass is 32.2. The molecule has 0 spiro atoms. The van der Waals surface area contributed by atoms with E-state index in [2.05, 4.69) is 50.2 Å². The van der Waals surface area contributed by atoms with E-state index >= 15 is 0 Å². The molecule has 1 rings (SSSR count). The van der Waals surface area contributed by atoms with Crippen LogP contribution in [0.5, 0.6) is 0 Å². The number of hydrogen-bond acceptors (Lipinski definition) is 3. The first-order chi connectivity index (χ1) is 7.69. The quantitative estimate of drug-likeness (QED) is 0.773. The molecule has 1 aromatic rings. The van der Waals surface area contributed by atoms with Gasteiger partial charge in [0, 0.05) is 10.9 Å². The molecular formula is C13H22N2S. The van der Waals surface area contributed by atoms with Crippen LogP contribution in [0.3, 0.4) is 0 Å². The Balaban J connectivity index is 2.77. The Morgan fingerprint density at radius 3 is 2.31 bits per heavy atom. The molecule has 0 fully saturated rings. The lowest BCUT2D eigenvalue weighted by atomic mass is 10.0. The summed E-state index contributed by atoms with van der Waals surface area (Å²) in [7, 11) is 4.21. The first-order valence-electron chi connectivity index (χ1n) is 5.78. The first kappa shape index (κ1) is 13.6. The molecule has 1 atom stereocenters. The van der Waals surface area contributed by atoms with E-state index in [0.29, 0.717) is 6.04 Å². The Morgan fingerprint density at radius 1 is 1.25 bits per heavy atom.